The molecule has 1 heterocycles. The van der Waals surface area contributed by atoms with Gasteiger partial charge in [-0.25, -0.2) is 0 Å². The Labute approximate surface area is 111 Å². The molecule has 1 aromatic carbocycles. The molecule has 1 N–H and O–H groups in total. The van der Waals surface area contributed by atoms with Crippen LogP contribution in [0.2, 0.25) is 0 Å². The highest BCUT2D eigenvalue weighted by Crippen LogP contribution is 2.37. The number of benzene rings is 1. The summed E-state index contributed by atoms with van der Waals surface area (Å²) in [6.07, 6.45) is 3.19. The number of aliphatic hydroxyl groups is 1. The van der Waals surface area contributed by atoms with Crippen molar-refractivity contribution in [1.29, 1.82) is 0 Å². The van der Waals surface area contributed by atoms with Crippen LogP contribution in [-0.4, -0.2) is 23.8 Å². The molecule has 0 aromatic heterocycles. The summed E-state index contributed by atoms with van der Waals surface area (Å²) >= 11 is 0. The summed E-state index contributed by atoms with van der Waals surface area (Å²) in [6, 6.07) is 8.93. The van der Waals surface area contributed by atoms with Crippen molar-refractivity contribution in [3.05, 3.63) is 29.8 Å². The van der Waals surface area contributed by atoms with E-state index in [0.29, 0.717) is 12.5 Å². The molecule has 2 heteroatoms. The van der Waals surface area contributed by atoms with Gasteiger partial charge in [-0.3, -0.25) is 0 Å². The minimum absolute atomic E-state index is 0.202. The molecule has 0 saturated carbocycles. The van der Waals surface area contributed by atoms with Crippen molar-refractivity contribution in [2.24, 2.45) is 5.92 Å². The first-order valence-corrected chi connectivity index (χ1v) is 7.04. The Morgan fingerprint density at radius 3 is 2.50 bits per heavy atom. The maximum Gasteiger partial charge on any atom is 0.0434 e. The highest BCUT2D eigenvalue weighted by atomic mass is 16.3. The summed E-state index contributed by atoms with van der Waals surface area (Å²) < 4.78 is 0. The lowest BCUT2D eigenvalue weighted by atomic mass is 9.94. The van der Waals surface area contributed by atoms with E-state index in [9.17, 15) is 0 Å². The van der Waals surface area contributed by atoms with E-state index < -0.39 is 0 Å². The standard InChI is InChI=1S/C16H25NO/c1-4-13-5-7-15(8-6-13)17-12-14(9-10-18)11-16(17,2)3/h5-8,14,18H,4,9-12H2,1-3H3. The summed E-state index contributed by atoms with van der Waals surface area (Å²) in [4.78, 5) is 2.49. The number of aliphatic hydroxyl groups excluding tert-OH is 1. The molecule has 1 unspecified atom stereocenters. The van der Waals surface area contributed by atoms with E-state index in [4.69, 9.17) is 5.11 Å². The molecule has 100 valence electrons. The smallest absolute Gasteiger partial charge is 0.0434 e. The van der Waals surface area contributed by atoms with Crippen LogP contribution < -0.4 is 4.90 Å². The van der Waals surface area contributed by atoms with Crippen molar-refractivity contribution in [2.75, 3.05) is 18.1 Å². The molecule has 1 aliphatic heterocycles. The number of hydrogen-bond acceptors (Lipinski definition) is 2. The van der Waals surface area contributed by atoms with Gasteiger partial charge in [-0.1, -0.05) is 19.1 Å². The number of anilines is 1. The van der Waals surface area contributed by atoms with Gasteiger partial charge in [0, 0.05) is 24.4 Å². The largest absolute Gasteiger partial charge is 0.396 e. The maximum atomic E-state index is 9.10. The topological polar surface area (TPSA) is 23.5 Å². The molecule has 2 nitrogen and oxygen atoms in total. The lowest BCUT2D eigenvalue weighted by molar-refractivity contribution is 0.259. The third-order valence-corrected chi connectivity index (χ3v) is 4.15. The third-order valence-electron chi connectivity index (χ3n) is 4.15. The normalized spacial score (nSPS) is 22.4. The van der Waals surface area contributed by atoms with Crippen molar-refractivity contribution in [3.8, 4) is 0 Å². The first kappa shape index (κ1) is 13.4. The summed E-state index contributed by atoms with van der Waals surface area (Å²) in [7, 11) is 0. The molecule has 0 amide bonds. The Kier molecular flexibility index (Phi) is 3.96. The van der Waals surface area contributed by atoms with Crippen LogP contribution in [-0.2, 0) is 6.42 Å². The first-order valence-electron chi connectivity index (χ1n) is 7.04. The van der Waals surface area contributed by atoms with Gasteiger partial charge in [0.1, 0.15) is 0 Å². The monoisotopic (exact) mass is 247 g/mol. The number of nitrogens with zero attached hydrogens (tertiary/aromatic N) is 1. The molecule has 1 aliphatic rings. The minimum atomic E-state index is 0.202. The van der Waals surface area contributed by atoms with Crippen molar-refractivity contribution in [2.45, 2.75) is 45.6 Å². The summed E-state index contributed by atoms with van der Waals surface area (Å²) in [5.74, 6) is 0.621. The van der Waals surface area contributed by atoms with E-state index in [0.717, 1.165) is 19.4 Å². The molecule has 0 bridgehead atoms. The van der Waals surface area contributed by atoms with Gasteiger partial charge in [-0.05, 0) is 56.7 Å². The van der Waals surface area contributed by atoms with Crippen LogP contribution in [0.25, 0.3) is 0 Å². The van der Waals surface area contributed by atoms with E-state index in [1.165, 1.54) is 17.7 Å². The summed E-state index contributed by atoms with van der Waals surface area (Å²) in [5.41, 5.74) is 2.91. The molecule has 1 aromatic rings. The van der Waals surface area contributed by atoms with Crippen LogP contribution in [0, 0.1) is 5.92 Å². The second kappa shape index (κ2) is 5.31. The molecule has 1 saturated heterocycles. The fourth-order valence-electron chi connectivity index (χ4n) is 3.13. The molecule has 1 fully saturated rings. The van der Waals surface area contributed by atoms with E-state index in [-0.39, 0.29) is 5.54 Å². The van der Waals surface area contributed by atoms with Crippen LogP contribution in [0.15, 0.2) is 24.3 Å². The quantitative estimate of drug-likeness (QED) is 0.883. The fraction of sp³-hybridized carbons (Fsp3) is 0.625. The molecule has 0 spiro atoms. The maximum absolute atomic E-state index is 9.10. The average molecular weight is 247 g/mol. The van der Waals surface area contributed by atoms with Gasteiger partial charge >= 0.3 is 0 Å². The first-order chi connectivity index (χ1) is 8.56. The Balaban J connectivity index is 2.15. The average Bonchev–Trinajstić information content (AvgIpc) is 2.65. The Morgan fingerprint density at radius 1 is 1.28 bits per heavy atom. The molecule has 0 radical (unpaired) electrons. The van der Waals surface area contributed by atoms with Crippen molar-refractivity contribution in [1.82, 2.24) is 0 Å². The van der Waals surface area contributed by atoms with Crippen LogP contribution in [0.4, 0.5) is 5.69 Å². The number of aryl methyl sites for hydroxylation is 1. The van der Waals surface area contributed by atoms with Gasteiger partial charge < -0.3 is 10.0 Å². The zero-order chi connectivity index (χ0) is 13.2. The highest BCUT2D eigenvalue weighted by molar-refractivity contribution is 5.51. The van der Waals surface area contributed by atoms with Gasteiger partial charge in [-0.15, -0.1) is 0 Å². The van der Waals surface area contributed by atoms with Crippen LogP contribution in [0.3, 0.4) is 0 Å². The molecule has 0 aliphatic carbocycles. The van der Waals surface area contributed by atoms with Gasteiger partial charge in [0.25, 0.3) is 0 Å². The van der Waals surface area contributed by atoms with Gasteiger partial charge in [0.15, 0.2) is 0 Å². The predicted molar refractivity (Wildman–Crippen MR) is 77.1 cm³/mol. The summed E-state index contributed by atoms with van der Waals surface area (Å²) in [6.45, 7) is 8.17. The van der Waals surface area contributed by atoms with Crippen molar-refractivity contribution < 1.29 is 5.11 Å². The zero-order valence-electron chi connectivity index (χ0n) is 11.8. The zero-order valence-corrected chi connectivity index (χ0v) is 11.8. The SMILES string of the molecule is CCc1ccc(N2CC(CCO)CC2(C)C)cc1. The predicted octanol–water partition coefficient (Wildman–Crippen LogP) is 3.24. The lowest BCUT2D eigenvalue weighted by Crippen LogP contribution is -2.38. The van der Waals surface area contributed by atoms with E-state index in [1.54, 1.807) is 0 Å². The Hall–Kier alpha value is -1.02. The lowest BCUT2D eigenvalue weighted by Gasteiger charge is -2.33. The molecular formula is C16H25NO. The van der Waals surface area contributed by atoms with Crippen LogP contribution >= 0.6 is 0 Å². The highest BCUT2D eigenvalue weighted by Gasteiger charge is 2.37. The van der Waals surface area contributed by atoms with Crippen molar-refractivity contribution >= 4 is 5.69 Å². The van der Waals surface area contributed by atoms with Crippen LogP contribution in [0.1, 0.15) is 39.2 Å². The molecular weight excluding hydrogens is 222 g/mol. The van der Waals surface area contributed by atoms with E-state index in [2.05, 4.69) is 49.9 Å². The molecule has 1 atom stereocenters. The molecule has 2 rings (SSSR count). The Bertz CT molecular complexity index is 383. The fourth-order valence-corrected chi connectivity index (χ4v) is 3.13. The number of hydrogen-bond donors (Lipinski definition) is 1. The third kappa shape index (κ3) is 2.69. The number of rotatable bonds is 4. The van der Waals surface area contributed by atoms with Gasteiger partial charge in [0.05, 0.1) is 0 Å². The summed E-state index contributed by atoms with van der Waals surface area (Å²) in [5, 5.41) is 9.10. The van der Waals surface area contributed by atoms with Crippen molar-refractivity contribution in [3.63, 3.8) is 0 Å². The molecule has 18 heavy (non-hydrogen) atoms. The minimum Gasteiger partial charge on any atom is -0.396 e. The Morgan fingerprint density at radius 2 is 1.94 bits per heavy atom. The second-order valence-electron chi connectivity index (χ2n) is 6.03. The van der Waals surface area contributed by atoms with Gasteiger partial charge in [0.2, 0.25) is 0 Å². The van der Waals surface area contributed by atoms with E-state index >= 15 is 0 Å². The van der Waals surface area contributed by atoms with Crippen LogP contribution in [0.5, 0.6) is 0 Å². The second-order valence-corrected chi connectivity index (χ2v) is 6.03. The van der Waals surface area contributed by atoms with E-state index in [1.807, 2.05) is 0 Å². The van der Waals surface area contributed by atoms with Gasteiger partial charge in [-0.2, -0.15) is 0 Å².